The molecule has 0 aliphatic heterocycles. The quantitative estimate of drug-likeness (QED) is 0.338. The Labute approximate surface area is 121 Å². The van der Waals surface area contributed by atoms with E-state index in [9.17, 15) is 4.79 Å². The third kappa shape index (κ3) is 3.97. The van der Waals surface area contributed by atoms with Crippen molar-refractivity contribution in [1.82, 2.24) is 0 Å². The summed E-state index contributed by atoms with van der Waals surface area (Å²) >= 11 is 0. The van der Waals surface area contributed by atoms with E-state index in [2.05, 4.69) is 10.5 Å². The lowest BCUT2D eigenvalue weighted by molar-refractivity contribution is -0.118. The number of amidine groups is 1. The van der Waals surface area contributed by atoms with Crippen LogP contribution >= 0.6 is 0 Å². The van der Waals surface area contributed by atoms with Crippen molar-refractivity contribution in [3.05, 3.63) is 60.2 Å². The van der Waals surface area contributed by atoms with Crippen LogP contribution in [0.1, 0.15) is 5.56 Å². The highest BCUT2D eigenvalue weighted by molar-refractivity contribution is 5.99. The van der Waals surface area contributed by atoms with Gasteiger partial charge in [0.2, 0.25) is 0 Å². The van der Waals surface area contributed by atoms with Crippen LogP contribution < -0.4 is 15.8 Å². The molecule has 21 heavy (non-hydrogen) atoms. The van der Waals surface area contributed by atoms with Crippen LogP contribution in [-0.2, 0) is 4.79 Å². The largest absolute Gasteiger partial charge is 0.483 e. The average molecular weight is 285 g/mol. The average Bonchev–Trinajstić information content (AvgIpc) is 2.53. The van der Waals surface area contributed by atoms with Crippen molar-refractivity contribution >= 4 is 17.4 Å². The number of carbonyl (C=O) groups excluding carboxylic acids is 1. The first-order valence-electron chi connectivity index (χ1n) is 6.25. The number of hydrogen-bond donors (Lipinski definition) is 3. The molecule has 6 nitrogen and oxygen atoms in total. The van der Waals surface area contributed by atoms with Gasteiger partial charge < -0.3 is 21.0 Å². The maximum Gasteiger partial charge on any atom is 0.262 e. The molecule has 0 atom stereocenters. The number of ether oxygens (including phenoxy) is 1. The molecule has 0 bridgehead atoms. The highest BCUT2D eigenvalue weighted by Crippen LogP contribution is 2.17. The van der Waals surface area contributed by atoms with Crippen LogP contribution in [0.3, 0.4) is 0 Å². The minimum Gasteiger partial charge on any atom is -0.483 e. The minimum absolute atomic E-state index is 0.0749. The monoisotopic (exact) mass is 285 g/mol. The van der Waals surface area contributed by atoms with Crippen LogP contribution in [0.25, 0.3) is 0 Å². The number of carbonyl (C=O) groups is 1. The second-order valence-corrected chi connectivity index (χ2v) is 4.18. The van der Waals surface area contributed by atoms with Crippen molar-refractivity contribution in [2.45, 2.75) is 0 Å². The van der Waals surface area contributed by atoms with E-state index in [0.29, 0.717) is 17.0 Å². The molecule has 0 aliphatic carbocycles. The number of benzene rings is 2. The number of para-hydroxylation sites is 2. The SMILES string of the molecule is N/C(=N\O)c1ccccc1OCC(=O)Nc1ccccc1. The first-order valence-corrected chi connectivity index (χ1v) is 6.25. The summed E-state index contributed by atoms with van der Waals surface area (Å²) < 4.78 is 5.41. The number of nitrogens with zero attached hydrogens (tertiary/aromatic N) is 1. The van der Waals surface area contributed by atoms with Crippen LogP contribution in [0.5, 0.6) is 5.75 Å². The molecule has 2 aromatic rings. The van der Waals surface area contributed by atoms with Crippen LogP contribution in [0.4, 0.5) is 5.69 Å². The second-order valence-electron chi connectivity index (χ2n) is 4.18. The molecule has 4 N–H and O–H groups in total. The molecular formula is C15H15N3O3. The molecule has 0 spiro atoms. The maximum absolute atomic E-state index is 11.8. The Balaban J connectivity index is 1.99. The van der Waals surface area contributed by atoms with Gasteiger partial charge in [0.15, 0.2) is 12.4 Å². The summed E-state index contributed by atoms with van der Waals surface area (Å²) in [6.45, 7) is -0.176. The number of amides is 1. The molecule has 0 radical (unpaired) electrons. The van der Waals surface area contributed by atoms with E-state index in [1.54, 1.807) is 36.4 Å². The molecule has 108 valence electrons. The lowest BCUT2D eigenvalue weighted by Gasteiger charge is -2.10. The fourth-order valence-corrected chi connectivity index (χ4v) is 1.72. The number of hydrogen-bond acceptors (Lipinski definition) is 4. The Hall–Kier alpha value is -3.02. The zero-order chi connectivity index (χ0) is 15.1. The van der Waals surface area contributed by atoms with Crippen molar-refractivity contribution in [1.29, 1.82) is 0 Å². The van der Waals surface area contributed by atoms with Gasteiger partial charge in [-0.25, -0.2) is 0 Å². The number of anilines is 1. The molecule has 2 rings (SSSR count). The van der Waals surface area contributed by atoms with Gasteiger partial charge in [0.05, 0.1) is 5.56 Å². The van der Waals surface area contributed by atoms with Gasteiger partial charge in [0.25, 0.3) is 5.91 Å². The highest BCUT2D eigenvalue weighted by Gasteiger charge is 2.09. The third-order valence-electron chi connectivity index (χ3n) is 2.69. The summed E-state index contributed by atoms with van der Waals surface area (Å²) in [7, 11) is 0. The summed E-state index contributed by atoms with van der Waals surface area (Å²) in [6, 6.07) is 15.8. The normalized spacial score (nSPS) is 11.0. The number of oxime groups is 1. The van der Waals surface area contributed by atoms with E-state index in [1.165, 1.54) is 0 Å². The summed E-state index contributed by atoms with van der Waals surface area (Å²) in [5, 5.41) is 14.3. The molecular weight excluding hydrogens is 270 g/mol. The molecule has 0 aliphatic rings. The number of nitrogens with two attached hydrogens (primary N) is 1. The Morgan fingerprint density at radius 2 is 1.81 bits per heavy atom. The molecule has 0 heterocycles. The van der Waals surface area contributed by atoms with Gasteiger partial charge in [-0.1, -0.05) is 35.5 Å². The topological polar surface area (TPSA) is 96.9 Å². The van der Waals surface area contributed by atoms with Gasteiger partial charge in [-0.15, -0.1) is 0 Å². The predicted molar refractivity (Wildman–Crippen MR) is 79.5 cm³/mol. The molecule has 0 unspecified atom stereocenters. The van der Waals surface area contributed by atoms with Gasteiger partial charge in [0.1, 0.15) is 5.75 Å². The fourth-order valence-electron chi connectivity index (χ4n) is 1.72. The van der Waals surface area contributed by atoms with Gasteiger partial charge >= 0.3 is 0 Å². The van der Waals surface area contributed by atoms with E-state index in [1.807, 2.05) is 18.2 Å². The fraction of sp³-hybridized carbons (Fsp3) is 0.0667. The molecule has 0 aromatic heterocycles. The van der Waals surface area contributed by atoms with Crippen LogP contribution in [0, 0.1) is 0 Å². The zero-order valence-electron chi connectivity index (χ0n) is 11.2. The van der Waals surface area contributed by atoms with E-state index in [0.717, 1.165) is 0 Å². The first-order chi connectivity index (χ1) is 10.2. The Morgan fingerprint density at radius 1 is 1.14 bits per heavy atom. The summed E-state index contributed by atoms with van der Waals surface area (Å²) in [4.78, 5) is 11.8. The summed E-state index contributed by atoms with van der Waals surface area (Å²) in [5.74, 6) is 0.000547. The Kier molecular flexibility index (Phi) is 4.76. The zero-order valence-corrected chi connectivity index (χ0v) is 11.2. The van der Waals surface area contributed by atoms with Gasteiger partial charge in [-0.2, -0.15) is 0 Å². The van der Waals surface area contributed by atoms with E-state index in [-0.39, 0.29) is 18.3 Å². The van der Waals surface area contributed by atoms with E-state index in [4.69, 9.17) is 15.7 Å². The molecule has 0 saturated heterocycles. The van der Waals surface area contributed by atoms with Crippen molar-refractivity contribution in [2.75, 3.05) is 11.9 Å². The smallest absolute Gasteiger partial charge is 0.262 e. The van der Waals surface area contributed by atoms with Gasteiger partial charge in [-0.3, -0.25) is 4.79 Å². The van der Waals surface area contributed by atoms with Crippen LogP contribution in [0.15, 0.2) is 59.8 Å². The van der Waals surface area contributed by atoms with E-state index < -0.39 is 0 Å². The highest BCUT2D eigenvalue weighted by atomic mass is 16.5. The van der Waals surface area contributed by atoms with Gasteiger partial charge in [0, 0.05) is 5.69 Å². The van der Waals surface area contributed by atoms with Crippen molar-refractivity contribution < 1.29 is 14.7 Å². The van der Waals surface area contributed by atoms with Crippen molar-refractivity contribution in [3.63, 3.8) is 0 Å². The summed E-state index contributed by atoms with van der Waals surface area (Å²) in [6.07, 6.45) is 0. The first kappa shape index (κ1) is 14.4. The van der Waals surface area contributed by atoms with Crippen molar-refractivity contribution in [3.8, 4) is 5.75 Å². The van der Waals surface area contributed by atoms with E-state index >= 15 is 0 Å². The Morgan fingerprint density at radius 3 is 2.52 bits per heavy atom. The van der Waals surface area contributed by atoms with Gasteiger partial charge in [-0.05, 0) is 24.3 Å². The molecule has 1 amide bonds. The number of nitrogens with one attached hydrogen (secondary N) is 1. The molecule has 6 heteroatoms. The minimum atomic E-state index is -0.296. The maximum atomic E-state index is 11.8. The molecule has 2 aromatic carbocycles. The Bertz CT molecular complexity index is 642. The summed E-state index contributed by atoms with van der Waals surface area (Å²) in [5.41, 5.74) is 6.66. The lowest BCUT2D eigenvalue weighted by atomic mass is 10.2. The van der Waals surface area contributed by atoms with Crippen LogP contribution in [0.2, 0.25) is 0 Å². The predicted octanol–water partition coefficient (Wildman–Crippen LogP) is 1.80. The van der Waals surface area contributed by atoms with Crippen molar-refractivity contribution in [2.24, 2.45) is 10.9 Å². The lowest BCUT2D eigenvalue weighted by Crippen LogP contribution is -2.22. The number of rotatable bonds is 5. The standard InChI is InChI=1S/C15H15N3O3/c16-15(18-20)12-8-4-5-9-13(12)21-10-14(19)17-11-6-2-1-3-7-11/h1-9,20H,10H2,(H2,16,18)(H,17,19). The van der Waals surface area contributed by atoms with Crippen LogP contribution in [-0.4, -0.2) is 23.6 Å². The third-order valence-corrected chi connectivity index (χ3v) is 2.69. The second kappa shape index (κ2) is 6.95. The molecule has 0 saturated carbocycles. The molecule has 0 fully saturated rings.